The van der Waals surface area contributed by atoms with Gasteiger partial charge < -0.3 is 0 Å². The molecule has 0 rings (SSSR count). The van der Waals surface area contributed by atoms with E-state index in [1.54, 1.807) is 0 Å². The molecule has 6 heteroatoms. The normalized spacial score (nSPS) is 14.8. The van der Waals surface area contributed by atoms with Crippen LogP contribution in [0.2, 0.25) is 0 Å². The van der Waals surface area contributed by atoms with Crippen molar-refractivity contribution in [3.8, 4) is 0 Å². The van der Waals surface area contributed by atoms with Crippen LogP contribution < -0.4 is 0 Å². The van der Waals surface area contributed by atoms with Crippen molar-refractivity contribution in [2.75, 3.05) is 13.7 Å². The number of hydrogen-bond acceptors (Lipinski definition) is 3. The maximum absolute atomic E-state index is 11.1. The fraction of sp³-hybridized carbons (Fsp3) is 1.00. The molecular formula is C7H16BrNO3S. The van der Waals surface area contributed by atoms with E-state index in [0.717, 1.165) is 16.2 Å². The molecule has 0 aliphatic heterocycles. The zero-order valence-electron chi connectivity index (χ0n) is 8.16. The number of nitrogens with zero attached hydrogens (tertiary/aromatic N) is 1. The van der Waals surface area contributed by atoms with E-state index in [-0.39, 0.29) is 6.61 Å². The lowest BCUT2D eigenvalue weighted by Crippen LogP contribution is -2.20. The smallest absolute Gasteiger partial charge is 0.257 e. The van der Waals surface area contributed by atoms with Crippen LogP contribution in [0.5, 0.6) is 0 Å². The van der Waals surface area contributed by atoms with Crippen LogP contribution in [0.3, 0.4) is 0 Å². The Bertz CT molecular complexity index is 228. The highest BCUT2D eigenvalue weighted by atomic mass is 79.9. The summed E-state index contributed by atoms with van der Waals surface area (Å²) < 4.78 is 27.7. The van der Waals surface area contributed by atoms with Crippen LogP contribution in [0.4, 0.5) is 0 Å². The molecule has 0 aromatic heterocycles. The third kappa shape index (κ3) is 5.61. The van der Waals surface area contributed by atoms with Gasteiger partial charge in [0.25, 0.3) is 0 Å². The van der Waals surface area contributed by atoms with E-state index < -0.39 is 10.3 Å². The first-order valence-corrected chi connectivity index (χ1v) is 6.26. The van der Waals surface area contributed by atoms with Crippen LogP contribution in [0.25, 0.3) is 0 Å². The zero-order valence-corrected chi connectivity index (χ0v) is 10.6. The van der Waals surface area contributed by atoms with E-state index >= 15 is 0 Å². The minimum Gasteiger partial charge on any atom is -0.257 e. The van der Waals surface area contributed by atoms with Crippen LogP contribution >= 0.6 is 16.1 Å². The minimum absolute atomic E-state index is 0.243. The van der Waals surface area contributed by atoms with Gasteiger partial charge in [0.15, 0.2) is 0 Å². The molecule has 0 aliphatic carbocycles. The monoisotopic (exact) mass is 273 g/mol. The zero-order chi connectivity index (χ0) is 10.5. The second-order valence-electron chi connectivity index (χ2n) is 2.97. The van der Waals surface area contributed by atoms with Crippen molar-refractivity contribution in [1.82, 2.24) is 3.33 Å². The molecule has 4 nitrogen and oxygen atoms in total. The van der Waals surface area contributed by atoms with Crippen LogP contribution in [0.15, 0.2) is 0 Å². The molecule has 0 aliphatic rings. The second-order valence-corrected chi connectivity index (χ2v) is 6.14. The van der Waals surface area contributed by atoms with Gasteiger partial charge in [-0.2, -0.15) is 8.42 Å². The summed E-state index contributed by atoms with van der Waals surface area (Å²) in [6.07, 6.45) is 1.80. The van der Waals surface area contributed by atoms with Crippen molar-refractivity contribution in [3.63, 3.8) is 0 Å². The fourth-order valence-corrected chi connectivity index (χ4v) is 1.33. The number of hydrogen-bond donors (Lipinski definition) is 0. The Morgan fingerprint density at radius 1 is 1.54 bits per heavy atom. The third-order valence-corrected chi connectivity index (χ3v) is 3.99. The van der Waals surface area contributed by atoms with E-state index in [4.69, 9.17) is 4.18 Å². The minimum atomic E-state index is -3.55. The van der Waals surface area contributed by atoms with Gasteiger partial charge in [-0.15, -0.1) is 3.33 Å². The lowest BCUT2D eigenvalue weighted by atomic mass is 10.1. The van der Waals surface area contributed by atoms with E-state index in [1.165, 1.54) is 7.05 Å². The topological polar surface area (TPSA) is 46.6 Å². The lowest BCUT2D eigenvalue weighted by molar-refractivity contribution is 0.274. The molecule has 0 aromatic carbocycles. The molecule has 0 bridgehead atoms. The van der Waals surface area contributed by atoms with Gasteiger partial charge in [0.2, 0.25) is 0 Å². The molecule has 0 aromatic rings. The second kappa shape index (κ2) is 5.95. The summed E-state index contributed by atoms with van der Waals surface area (Å²) in [6, 6.07) is 0. The molecular weight excluding hydrogens is 258 g/mol. The van der Waals surface area contributed by atoms with E-state index in [9.17, 15) is 8.42 Å². The third-order valence-electron chi connectivity index (χ3n) is 1.85. The molecule has 0 saturated carbocycles. The van der Waals surface area contributed by atoms with Crippen molar-refractivity contribution in [2.24, 2.45) is 5.92 Å². The van der Waals surface area contributed by atoms with E-state index in [2.05, 4.69) is 30.0 Å². The summed E-state index contributed by atoms with van der Waals surface area (Å²) in [5, 5.41) is 0. The van der Waals surface area contributed by atoms with Gasteiger partial charge in [0, 0.05) is 23.2 Å². The highest BCUT2D eigenvalue weighted by Gasteiger charge is 2.15. The van der Waals surface area contributed by atoms with Gasteiger partial charge in [-0.25, -0.2) is 0 Å². The molecule has 0 heterocycles. The Morgan fingerprint density at radius 2 is 2.08 bits per heavy atom. The van der Waals surface area contributed by atoms with Crippen molar-refractivity contribution in [3.05, 3.63) is 0 Å². The predicted octanol–water partition coefficient (Wildman–Crippen LogP) is 1.93. The molecule has 1 atom stereocenters. The number of rotatable bonds is 6. The summed E-state index contributed by atoms with van der Waals surface area (Å²) in [5.74, 6) is 0.496. The maximum atomic E-state index is 11.1. The molecule has 0 saturated heterocycles. The van der Waals surface area contributed by atoms with Crippen LogP contribution in [0, 0.1) is 5.92 Å². The van der Waals surface area contributed by atoms with E-state index in [0.29, 0.717) is 5.92 Å². The largest absolute Gasteiger partial charge is 0.347 e. The standard InChI is InChI=1S/C7H16BrNO3S/c1-4-7(2)5-6-12-13(10,11)9(3)8/h7H,4-6H2,1-3H3. The van der Waals surface area contributed by atoms with Gasteiger partial charge in [-0.1, -0.05) is 20.3 Å². The van der Waals surface area contributed by atoms with Crippen molar-refractivity contribution >= 4 is 26.5 Å². The fourth-order valence-electron chi connectivity index (χ4n) is 0.631. The molecule has 0 N–H and O–H groups in total. The Labute approximate surface area is 88.8 Å². The Balaban J connectivity index is 3.78. The molecule has 0 spiro atoms. The van der Waals surface area contributed by atoms with Crippen LogP contribution in [-0.4, -0.2) is 25.4 Å². The first-order chi connectivity index (χ1) is 5.90. The van der Waals surface area contributed by atoms with E-state index in [1.807, 2.05) is 0 Å². The molecule has 80 valence electrons. The van der Waals surface area contributed by atoms with Gasteiger partial charge >= 0.3 is 10.3 Å². The SMILES string of the molecule is CCC(C)CCOS(=O)(=O)N(C)Br. The summed E-state index contributed by atoms with van der Waals surface area (Å²) in [4.78, 5) is 0. The van der Waals surface area contributed by atoms with Crippen molar-refractivity contribution in [1.29, 1.82) is 0 Å². The highest BCUT2D eigenvalue weighted by Crippen LogP contribution is 2.10. The average Bonchev–Trinajstić information content (AvgIpc) is 2.03. The quantitative estimate of drug-likeness (QED) is 0.695. The predicted molar refractivity (Wildman–Crippen MR) is 55.6 cm³/mol. The average molecular weight is 274 g/mol. The Kier molecular flexibility index (Phi) is 6.11. The first-order valence-electron chi connectivity index (χ1n) is 4.19. The van der Waals surface area contributed by atoms with Gasteiger partial charge in [-0.3, -0.25) is 4.18 Å². The summed E-state index contributed by atoms with van der Waals surface area (Å²) in [7, 11) is -2.18. The Hall–Kier alpha value is 0.350. The summed E-state index contributed by atoms with van der Waals surface area (Å²) in [5.41, 5.74) is 0. The van der Waals surface area contributed by atoms with Crippen LogP contribution in [0.1, 0.15) is 26.7 Å². The van der Waals surface area contributed by atoms with Gasteiger partial charge in [-0.05, 0) is 12.3 Å². The summed E-state index contributed by atoms with van der Waals surface area (Å²) in [6.45, 7) is 4.37. The van der Waals surface area contributed by atoms with Gasteiger partial charge in [0.1, 0.15) is 0 Å². The van der Waals surface area contributed by atoms with Gasteiger partial charge in [0.05, 0.1) is 6.61 Å². The lowest BCUT2D eigenvalue weighted by Gasteiger charge is -2.11. The molecule has 13 heavy (non-hydrogen) atoms. The van der Waals surface area contributed by atoms with Crippen LogP contribution in [-0.2, 0) is 14.5 Å². The van der Waals surface area contributed by atoms with Crippen molar-refractivity contribution in [2.45, 2.75) is 26.7 Å². The molecule has 1 unspecified atom stereocenters. The maximum Gasteiger partial charge on any atom is 0.347 e. The molecule has 0 radical (unpaired) electrons. The number of halogens is 1. The Morgan fingerprint density at radius 3 is 2.46 bits per heavy atom. The van der Waals surface area contributed by atoms with Crippen molar-refractivity contribution < 1.29 is 12.6 Å². The summed E-state index contributed by atoms with van der Waals surface area (Å²) >= 11 is 2.80. The molecule has 0 fully saturated rings. The first kappa shape index (κ1) is 13.4. The highest BCUT2D eigenvalue weighted by molar-refractivity contribution is 9.08. The molecule has 0 amide bonds.